The minimum absolute atomic E-state index is 0.178. The van der Waals surface area contributed by atoms with Gasteiger partial charge in [0.25, 0.3) is 5.91 Å². The summed E-state index contributed by atoms with van der Waals surface area (Å²) in [6.07, 6.45) is 7.18. The molecule has 0 spiro atoms. The summed E-state index contributed by atoms with van der Waals surface area (Å²) in [5.41, 5.74) is 3.51. The van der Waals surface area contributed by atoms with Crippen LogP contribution < -0.4 is 5.32 Å². The molecule has 0 bridgehead atoms. The molecule has 0 unspecified atom stereocenters. The van der Waals surface area contributed by atoms with Crippen molar-refractivity contribution in [3.05, 3.63) is 71.5 Å². The minimum atomic E-state index is -0.178. The monoisotopic (exact) mass is 364 g/mol. The van der Waals surface area contributed by atoms with Crippen LogP contribution in [0.4, 0.5) is 0 Å². The molecular formula is C18H12N4OS2. The van der Waals surface area contributed by atoms with E-state index in [1.165, 1.54) is 11.8 Å². The van der Waals surface area contributed by atoms with Crippen LogP contribution in [0.15, 0.2) is 66.0 Å². The maximum Gasteiger partial charge on any atom is 0.263 e. The molecule has 1 aliphatic heterocycles. The number of carbonyl (C=O) groups is 1. The predicted molar refractivity (Wildman–Crippen MR) is 103 cm³/mol. The highest BCUT2D eigenvalue weighted by molar-refractivity contribution is 8.26. The van der Waals surface area contributed by atoms with Gasteiger partial charge in [-0.25, -0.2) is 4.68 Å². The van der Waals surface area contributed by atoms with E-state index in [1.807, 2.05) is 54.7 Å². The normalized spacial score (nSPS) is 15.6. The van der Waals surface area contributed by atoms with E-state index in [0.29, 0.717) is 9.23 Å². The highest BCUT2D eigenvalue weighted by Gasteiger charge is 2.23. The number of hydrogen-bond donors (Lipinski definition) is 1. The second kappa shape index (κ2) is 6.62. The van der Waals surface area contributed by atoms with E-state index in [1.54, 1.807) is 17.1 Å². The van der Waals surface area contributed by atoms with Gasteiger partial charge in [-0.1, -0.05) is 42.2 Å². The summed E-state index contributed by atoms with van der Waals surface area (Å²) in [5, 5.41) is 7.34. The lowest BCUT2D eigenvalue weighted by Gasteiger charge is -2.00. The fourth-order valence-electron chi connectivity index (χ4n) is 2.50. The molecule has 0 radical (unpaired) electrons. The highest BCUT2D eigenvalue weighted by atomic mass is 32.2. The number of thioether (sulfide) groups is 1. The third-order valence-corrected chi connectivity index (χ3v) is 4.81. The van der Waals surface area contributed by atoms with Crippen LogP contribution in [-0.4, -0.2) is 25.0 Å². The Hall–Kier alpha value is -2.77. The second-order valence-corrected chi connectivity index (χ2v) is 7.02. The summed E-state index contributed by atoms with van der Waals surface area (Å²) in [4.78, 5) is 16.6. The first-order valence-electron chi connectivity index (χ1n) is 7.51. The number of nitrogens with one attached hydrogen (secondary N) is 1. The number of hydrogen-bond acceptors (Lipinski definition) is 5. The van der Waals surface area contributed by atoms with E-state index in [-0.39, 0.29) is 5.91 Å². The van der Waals surface area contributed by atoms with Crippen molar-refractivity contribution < 1.29 is 4.79 Å². The summed E-state index contributed by atoms with van der Waals surface area (Å²) in [6.45, 7) is 0. The molecule has 1 saturated heterocycles. The molecule has 5 nitrogen and oxygen atoms in total. The number of rotatable bonds is 3. The van der Waals surface area contributed by atoms with Crippen molar-refractivity contribution in [3.63, 3.8) is 0 Å². The fourth-order valence-corrected chi connectivity index (χ4v) is 3.54. The molecule has 1 fully saturated rings. The van der Waals surface area contributed by atoms with Crippen molar-refractivity contribution in [1.29, 1.82) is 0 Å². The number of pyridine rings is 1. The molecule has 122 valence electrons. The Kier molecular flexibility index (Phi) is 4.17. The molecule has 1 N–H and O–H groups in total. The zero-order valence-electron chi connectivity index (χ0n) is 12.9. The van der Waals surface area contributed by atoms with E-state index >= 15 is 0 Å². The Bertz CT molecular complexity index is 981. The molecule has 4 rings (SSSR count). The van der Waals surface area contributed by atoms with E-state index < -0.39 is 0 Å². The van der Waals surface area contributed by atoms with Crippen molar-refractivity contribution in [3.8, 4) is 16.9 Å². The lowest BCUT2D eigenvalue weighted by molar-refractivity contribution is -0.115. The van der Waals surface area contributed by atoms with Gasteiger partial charge in [-0.15, -0.1) is 0 Å². The van der Waals surface area contributed by atoms with Gasteiger partial charge in [0.15, 0.2) is 0 Å². The summed E-state index contributed by atoms with van der Waals surface area (Å²) < 4.78 is 2.27. The van der Waals surface area contributed by atoms with Gasteiger partial charge < -0.3 is 5.32 Å². The molecular weight excluding hydrogens is 352 g/mol. The van der Waals surface area contributed by atoms with Gasteiger partial charge in [0.05, 0.1) is 10.6 Å². The van der Waals surface area contributed by atoms with Crippen LogP contribution in [0.3, 0.4) is 0 Å². The van der Waals surface area contributed by atoms with Crippen LogP contribution >= 0.6 is 24.0 Å². The second-order valence-electron chi connectivity index (χ2n) is 5.30. The maximum absolute atomic E-state index is 12.0. The summed E-state index contributed by atoms with van der Waals surface area (Å²) in [5.74, 6) is -0.178. The number of nitrogens with zero attached hydrogens (tertiary/aromatic N) is 3. The van der Waals surface area contributed by atoms with Crippen molar-refractivity contribution in [2.75, 3.05) is 0 Å². The van der Waals surface area contributed by atoms with Crippen LogP contribution in [-0.2, 0) is 4.79 Å². The fraction of sp³-hybridized carbons (Fsp3) is 0. The average Bonchev–Trinajstić information content (AvgIpc) is 3.20. The topological polar surface area (TPSA) is 59.8 Å². The smallest absolute Gasteiger partial charge is 0.263 e. The third-order valence-electron chi connectivity index (χ3n) is 3.65. The average molecular weight is 364 g/mol. The Balaban J connectivity index is 1.84. The Morgan fingerprint density at radius 1 is 1.12 bits per heavy atom. The zero-order valence-corrected chi connectivity index (χ0v) is 14.6. The third kappa shape index (κ3) is 3.24. The van der Waals surface area contributed by atoms with Crippen molar-refractivity contribution in [1.82, 2.24) is 20.1 Å². The largest absolute Gasteiger partial charge is 0.307 e. The van der Waals surface area contributed by atoms with Crippen LogP contribution in [0.25, 0.3) is 23.0 Å². The molecule has 2 aromatic heterocycles. The molecule has 3 aromatic rings. The summed E-state index contributed by atoms with van der Waals surface area (Å²) >= 11 is 6.32. The lowest BCUT2D eigenvalue weighted by atomic mass is 10.1. The van der Waals surface area contributed by atoms with Crippen molar-refractivity contribution >= 4 is 40.3 Å². The van der Waals surface area contributed by atoms with Gasteiger partial charge in [-0.2, -0.15) is 5.10 Å². The molecule has 3 heterocycles. The Morgan fingerprint density at radius 3 is 2.56 bits per heavy atom. The van der Waals surface area contributed by atoms with E-state index in [2.05, 4.69) is 10.3 Å². The quantitative estimate of drug-likeness (QED) is 0.570. The van der Waals surface area contributed by atoms with Gasteiger partial charge in [0.2, 0.25) is 0 Å². The highest BCUT2D eigenvalue weighted by Crippen LogP contribution is 2.30. The first-order chi connectivity index (χ1) is 12.2. The molecule has 1 aliphatic rings. The summed E-state index contributed by atoms with van der Waals surface area (Å²) in [7, 11) is 0. The maximum atomic E-state index is 12.0. The number of aromatic nitrogens is 3. The van der Waals surface area contributed by atoms with Gasteiger partial charge in [-0.05, 0) is 30.3 Å². The first kappa shape index (κ1) is 15.7. The zero-order chi connectivity index (χ0) is 17.2. The number of thiocarbonyl (C=S) groups is 1. The Labute approximate surface area is 153 Å². The Morgan fingerprint density at radius 2 is 1.88 bits per heavy atom. The predicted octanol–water partition coefficient (Wildman–Crippen LogP) is 3.42. The van der Waals surface area contributed by atoms with Crippen LogP contribution in [0.2, 0.25) is 0 Å². The number of benzene rings is 1. The van der Waals surface area contributed by atoms with Crippen LogP contribution in [0, 0.1) is 0 Å². The molecule has 0 aliphatic carbocycles. The van der Waals surface area contributed by atoms with Gasteiger partial charge in [0, 0.05) is 29.7 Å². The van der Waals surface area contributed by atoms with E-state index in [0.717, 1.165) is 22.5 Å². The van der Waals surface area contributed by atoms with Gasteiger partial charge >= 0.3 is 0 Å². The molecule has 0 saturated carbocycles. The van der Waals surface area contributed by atoms with Gasteiger partial charge in [-0.3, -0.25) is 9.78 Å². The number of carbonyl (C=O) groups excluding carboxylic acids is 1. The van der Waals surface area contributed by atoms with Crippen LogP contribution in [0.1, 0.15) is 5.56 Å². The van der Waals surface area contributed by atoms with Crippen molar-refractivity contribution in [2.45, 2.75) is 0 Å². The van der Waals surface area contributed by atoms with Crippen molar-refractivity contribution in [2.24, 2.45) is 0 Å². The minimum Gasteiger partial charge on any atom is -0.307 e. The molecule has 1 aromatic carbocycles. The first-order valence-corrected chi connectivity index (χ1v) is 8.73. The van der Waals surface area contributed by atoms with E-state index in [9.17, 15) is 4.79 Å². The number of para-hydroxylation sites is 1. The standard InChI is InChI=1S/C18H12N4OS2/c23-17-15(25-18(24)20-17)10-13-11-22(14-4-2-1-3-5-14)21-16(13)12-6-8-19-9-7-12/h1-11H,(H,20,23,24)/b15-10+. The molecule has 7 heteroatoms. The summed E-state index contributed by atoms with van der Waals surface area (Å²) in [6, 6.07) is 13.6. The molecule has 25 heavy (non-hydrogen) atoms. The SMILES string of the molecule is O=C1NC(=S)S/C1=C/c1cn(-c2ccccc2)nc1-c1ccncc1. The van der Waals surface area contributed by atoms with Gasteiger partial charge in [0.1, 0.15) is 10.0 Å². The lowest BCUT2D eigenvalue weighted by Crippen LogP contribution is -2.17. The molecule has 1 amide bonds. The van der Waals surface area contributed by atoms with Crippen LogP contribution in [0.5, 0.6) is 0 Å². The molecule has 0 atom stereocenters. The number of amides is 1. The van der Waals surface area contributed by atoms with E-state index in [4.69, 9.17) is 17.3 Å².